The van der Waals surface area contributed by atoms with Crippen molar-refractivity contribution in [2.24, 2.45) is 0 Å². The number of Topliss-reactive ketones (excluding diaryl/α,β-unsaturated/α-hetero) is 1. The minimum absolute atomic E-state index is 0.0970. The molecule has 2 aromatic rings. The molecule has 3 N–H and O–H groups in total. The number of likely N-dealkylation sites (tertiary alicyclic amines) is 1. The van der Waals surface area contributed by atoms with Gasteiger partial charge in [-0.05, 0) is 44.5 Å². The van der Waals surface area contributed by atoms with Crippen molar-refractivity contribution in [2.75, 3.05) is 17.2 Å². The van der Waals surface area contributed by atoms with Crippen LogP contribution < -0.4 is 16.0 Å². The van der Waals surface area contributed by atoms with Gasteiger partial charge in [0.15, 0.2) is 5.78 Å². The second kappa shape index (κ2) is 8.41. The van der Waals surface area contributed by atoms with Gasteiger partial charge in [-0.2, -0.15) is 0 Å². The molecule has 9 heteroatoms. The first kappa shape index (κ1) is 21.5. The van der Waals surface area contributed by atoms with Gasteiger partial charge in [-0.25, -0.2) is 4.98 Å². The molecule has 32 heavy (non-hydrogen) atoms. The van der Waals surface area contributed by atoms with Crippen molar-refractivity contribution in [3.63, 3.8) is 0 Å². The molecular formula is C23H25N5O4. The summed E-state index contributed by atoms with van der Waals surface area (Å²) in [6.45, 7) is 3.42. The Morgan fingerprint density at radius 3 is 2.75 bits per heavy atom. The lowest BCUT2D eigenvalue weighted by Gasteiger charge is -2.39. The van der Waals surface area contributed by atoms with Gasteiger partial charge in [0.1, 0.15) is 17.5 Å². The molecule has 2 atom stereocenters. The first-order valence-corrected chi connectivity index (χ1v) is 10.5. The molecule has 1 saturated heterocycles. The molecular weight excluding hydrogens is 410 g/mol. The van der Waals surface area contributed by atoms with Crippen molar-refractivity contribution in [1.29, 1.82) is 0 Å². The van der Waals surface area contributed by atoms with Crippen LogP contribution in [0.3, 0.4) is 0 Å². The minimum atomic E-state index is -0.797. The van der Waals surface area contributed by atoms with E-state index in [1.165, 1.54) is 11.8 Å². The third-order valence-electron chi connectivity index (χ3n) is 6.01. The third-order valence-corrected chi connectivity index (χ3v) is 6.01. The fraction of sp³-hybridized carbons (Fsp3) is 0.348. The summed E-state index contributed by atoms with van der Waals surface area (Å²) in [4.78, 5) is 55.7. The summed E-state index contributed by atoms with van der Waals surface area (Å²) < 4.78 is 0. The second-order valence-corrected chi connectivity index (χ2v) is 8.20. The number of carbonyl (C=O) groups excluding carboxylic acids is 4. The molecule has 1 aromatic carbocycles. The van der Waals surface area contributed by atoms with Gasteiger partial charge < -0.3 is 20.9 Å². The van der Waals surface area contributed by atoms with E-state index in [0.29, 0.717) is 35.5 Å². The molecule has 1 aromatic heterocycles. The van der Waals surface area contributed by atoms with Crippen LogP contribution in [0.1, 0.15) is 53.8 Å². The zero-order valence-electron chi connectivity index (χ0n) is 18.0. The number of hydrogen-bond donors (Lipinski definition) is 3. The molecule has 0 radical (unpaired) electrons. The van der Waals surface area contributed by atoms with Crippen molar-refractivity contribution in [3.8, 4) is 0 Å². The number of amides is 3. The zero-order valence-corrected chi connectivity index (χ0v) is 18.0. The maximum atomic E-state index is 12.9. The summed E-state index contributed by atoms with van der Waals surface area (Å²) in [6, 6.07) is 9.35. The molecule has 0 aliphatic carbocycles. The molecule has 0 saturated carbocycles. The maximum absolute atomic E-state index is 12.9. The number of rotatable bonds is 4. The highest BCUT2D eigenvalue weighted by Crippen LogP contribution is 2.31. The summed E-state index contributed by atoms with van der Waals surface area (Å²) in [5.41, 5.74) is 0.661. The zero-order chi connectivity index (χ0) is 22.9. The van der Waals surface area contributed by atoms with E-state index in [4.69, 9.17) is 0 Å². The third kappa shape index (κ3) is 4.18. The Morgan fingerprint density at radius 2 is 1.97 bits per heavy atom. The topological polar surface area (TPSA) is 121 Å². The van der Waals surface area contributed by atoms with Crippen molar-refractivity contribution in [3.05, 3.63) is 53.7 Å². The predicted molar refractivity (Wildman–Crippen MR) is 118 cm³/mol. The molecule has 3 amide bonds. The average molecular weight is 435 g/mol. The lowest BCUT2D eigenvalue weighted by atomic mass is 9.97. The minimum Gasteiger partial charge on any atom is -0.347 e. The maximum Gasteiger partial charge on any atom is 0.256 e. The molecule has 3 heterocycles. The van der Waals surface area contributed by atoms with Gasteiger partial charge in [0.05, 0.1) is 5.56 Å². The van der Waals surface area contributed by atoms with Crippen LogP contribution in [0.5, 0.6) is 0 Å². The monoisotopic (exact) mass is 435 g/mol. The van der Waals surface area contributed by atoms with Crippen molar-refractivity contribution in [1.82, 2.24) is 15.2 Å². The molecule has 0 unspecified atom stereocenters. The number of carbonyl (C=O) groups is 4. The van der Waals surface area contributed by atoms with Gasteiger partial charge in [0.2, 0.25) is 11.8 Å². The standard InChI is InChI=1S/C23H25N5O4/c1-14(21(31)25-17-6-3-5-16(13-17)15(2)29)28-12-10-23(9-8-19(28)30)26-20-18(22(32)27-23)7-4-11-24-20/h3-7,11,13-14H,8-10,12H2,1-2H3,(H,24,26)(H,25,31)(H,27,32)/t14-,23+/m0/s1. The summed E-state index contributed by atoms with van der Waals surface area (Å²) in [6.07, 6.45) is 2.60. The van der Waals surface area contributed by atoms with Crippen LogP contribution in [0.25, 0.3) is 0 Å². The summed E-state index contributed by atoms with van der Waals surface area (Å²) in [5.74, 6) is -0.343. The second-order valence-electron chi connectivity index (χ2n) is 8.20. The lowest BCUT2D eigenvalue weighted by Crippen LogP contribution is -2.58. The smallest absolute Gasteiger partial charge is 0.256 e. The Morgan fingerprint density at radius 1 is 1.16 bits per heavy atom. The number of benzene rings is 1. The fourth-order valence-electron chi connectivity index (χ4n) is 4.12. The van der Waals surface area contributed by atoms with Crippen LogP contribution in [-0.4, -0.2) is 51.6 Å². The van der Waals surface area contributed by atoms with Crippen LogP contribution in [0, 0.1) is 0 Å². The van der Waals surface area contributed by atoms with Gasteiger partial charge in [-0.3, -0.25) is 19.2 Å². The molecule has 2 aliphatic rings. The normalized spacial score (nSPS) is 21.1. The first-order chi connectivity index (χ1) is 15.3. The number of fused-ring (bicyclic) bond motifs is 1. The van der Waals surface area contributed by atoms with Crippen molar-refractivity contribution >= 4 is 35.0 Å². The van der Waals surface area contributed by atoms with E-state index in [9.17, 15) is 19.2 Å². The van der Waals surface area contributed by atoms with Crippen molar-refractivity contribution < 1.29 is 19.2 Å². The Hall–Kier alpha value is -3.75. The number of anilines is 2. The Labute approximate surface area is 185 Å². The Bertz CT molecular complexity index is 1100. The molecule has 166 valence electrons. The molecule has 4 rings (SSSR count). The predicted octanol–water partition coefficient (Wildman–Crippen LogP) is 2.18. The Kier molecular flexibility index (Phi) is 5.65. The summed E-state index contributed by atoms with van der Waals surface area (Å²) in [7, 11) is 0. The number of hydrogen-bond acceptors (Lipinski definition) is 6. The number of pyridine rings is 1. The fourth-order valence-corrected chi connectivity index (χ4v) is 4.12. The molecule has 9 nitrogen and oxygen atoms in total. The SMILES string of the molecule is CC(=O)c1cccc(NC(=O)[C@H](C)N2CC[C@@]3(CCC2=O)NC(=O)c2cccnc2N3)c1. The van der Waals surface area contributed by atoms with E-state index in [-0.39, 0.29) is 36.5 Å². The highest BCUT2D eigenvalue weighted by Gasteiger charge is 2.42. The van der Waals surface area contributed by atoms with Gasteiger partial charge in [0.25, 0.3) is 5.91 Å². The van der Waals surface area contributed by atoms with E-state index in [1.54, 1.807) is 49.5 Å². The van der Waals surface area contributed by atoms with Gasteiger partial charge in [0, 0.05) is 36.8 Å². The highest BCUT2D eigenvalue weighted by molar-refractivity contribution is 6.01. The summed E-state index contributed by atoms with van der Waals surface area (Å²) in [5, 5.41) is 9.07. The molecule has 2 aliphatic heterocycles. The van der Waals surface area contributed by atoms with Gasteiger partial charge >= 0.3 is 0 Å². The average Bonchev–Trinajstić information content (AvgIpc) is 2.92. The molecule has 0 bridgehead atoms. The van der Waals surface area contributed by atoms with Crippen molar-refractivity contribution in [2.45, 2.75) is 44.8 Å². The van der Waals surface area contributed by atoms with Crippen LogP contribution in [0.15, 0.2) is 42.6 Å². The number of ketones is 1. The largest absolute Gasteiger partial charge is 0.347 e. The summed E-state index contributed by atoms with van der Waals surface area (Å²) >= 11 is 0. The van der Waals surface area contributed by atoms with Crippen LogP contribution in [0.2, 0.25) is 0 Å². The van der Waals surface area contributed by atoms with Gasteiger partial charge in [-0.1, -0.05) is 12.1 Å². The Balaban J connectivity index is 1.47. The molecule has 1 fully saturated rings. The van der Waals surface area contributed by atoms with E-state index in [2.05, 4.69) is 20.9 Å². The van der Waals surface area contributed by atoms with Crippen LogP contribution in [-0.2, 0) is 9.59 Å². The van der Waals surface area contributed by atoms with Crippen LogP contribution in [0.4, 0.5) is 11.5 Å². The number of nitrogens with zero attached hydrogens (tertiary/aromatic N) is 2. The lowest BCUT2D eigenvalue weighted by molar-refractivity contribution is -0.137. The van der Waals surface area contributed by atoms with Crippen LogP contribution >= 0.6 is 0 Å². The molecule has 1 spiro atoms. The van der Waals surface area contributed by atoms with E-state index in [1.807, 2.05) is 0 Å². The first-order valence-electron chi connectivity index (χ1n) is 10.5. The van der Waals surface area contributed by atoms with E-state index < -0.39 is 11.7 Å². The number of nitrogens with one attached hydrogen (secondary N) is 3. The van der Waals surface area contributed by atoms with Gasteiger partial charge in [-0.15, -0.1) is 0 Å². The highest BCUT2D eigenvalue weighted by atomic mass is 16.2. The quantitative estimate of drug-likeness (QED) is 0.633. The number of aromatic nitrogens is 1. The van der Waals surface area contributed by atoms with E-state index >= 15 is 0 Å². The van der Waals surface area contributed by atoms with E-state index in [0.717, 1.165) is 0 Å².